The van der Waals surface area contributed by atoms with Crippen molar-refractivity contribution in [1.82, 2.24) is 4.90 Å². The standard InChI is InChI=1S/C21H25N3O4/c1-14(25)17-9-19-20(28-13-27-19)10-18(17)22-21(26)12-24(4)11-15-5-7-16(8-6-15)23(2)3/h5-10H,11-13H2,1-4H3,(H,22,26). The minimum Gasteiger partial charge on any atom is -0.454 e. The molecule has 148 valence electrons. The van der Waals surface area contributed by atoms with E-state index < -0.39 is 0 Å². The van der Waals surface area contributed by atoms with Crippen LogP contribution in [0.2, 0.25) is 0 Å². The van der Waals surface area contributed by atoms with E-state index in [-0.39, 0.29) is 25.0 Å². The molecule has 0 aromatic heterocycles. The predicted octanol–water partition coefficient (Wildman–Crippen LogP) is 2.75. The summed E-state index contributed by atoms with van der Waals surface area (Å²) in [6.07, 6.45) is 0. The van der Waals surface area contributed by atoms with Crippen LogP contribution in [-0.4, -0.2) is 51.1 Å². The van der Waals surface area contributed by atoms with Gasteiger partial charge in [0.05, 0.1) is 12.2 Å². The van der Waals surface area contributed by atoms with Crippen molar-refractivity contribution < 1.29 is 19.1 Å². The van der Waals surface area contributed by atoms with Gasteiger partial charge in [-0.2, -0.15) is 0 Å². The number of ether oxygens (including phenoxy) is 2. The van der Waals surface area contributed by atoms with Gasteiger partial charge in [0.2, 0.25) is 12.7 Å². The summed E-state index contributed by atoms with van der Waals surface area (Å²) in [5.74, 6) is 0.688. The number of rotatable bonds is 7. The van der Waals surface area contributed by atoms with Crippen molar-refractivity contribution >= 4 is 23.1 Å². The van der Waals surface area contributed by atoms with Crippen molar-refractivity contribution in [2.24, 2.45) is 0 Å². The lowest BCUT2D eigenvalue weighted by Gasteiger charge is -2.18. The third-order valence-electron chi connectivity index (χ3n) is 4.48. The number of hydrogen-bond donors (Lipinski definition) is 1. The van der Waals surface area contributed by atoms with E-state index in [4.69, 9.17) is 9.47 Å². The van der Waals surface area contributed by atoms with Crippen LogP contribution in [0.1, 0.15) is 22.8 Å². The lowest BCUT2D eigenvalue weighted by Crippen LogP contribution is -2.30. The summed E-state index contributed by atoms with van der Waals surface area (Å²) in [7, 11) is 5.87. The summed E-state index contributed by atoms with van der Waals surface area (Å²) in [6, 6.07) is 11.4. The van der Waals surface area contributed by atoms with E-state index >= 15 is 0 Å². The van der Waals surface area contributed by atoms with E-state index in [2.05, 4.69) is 29.6 Å². The normalized spacial score (nSPS) is 12.2. The lowest BCUT2D eigenvalue weighted by molar-refractivity contribution is -0.117. The highest BCUT2D eigenvalue weighted by atomic mass is 16.7. The number of anilines is 2. The number of amides is 1. The number of carbonyl (C=O) groups excluding carboxylic acids is 2. The molecule has 1 N–H and O–H groups in total. The van der Waals surface area contributed by atoms with Crippen molar-refractivity contribution in [1.29, 1.82) is 0 Å². The Morgan fingerprint density at radius 2 is 1.68 bits per heavy atom. The Kier molecular flexibility index (Phi) is 5.84. The molecule has 7 nitrogen and oxygen atoms in total. The van der Waals surface area contributed by atoms with Gasteiger partial charge in [-0.3, -0.25) is 14.5 Å². The monoisotopic (exact) mass is 383 g/mol. The molecule has 0 saturated heterocycles. The van der Waals surface area contributed by atoms with Crippen molar-refractivity contribution in [3.63, 3.8) is 0 Å². The molecule has 1 heterocycles. The molecule has 0 saturated carbocycles. The Morgan fingerprint density at radius 3 is 2.29 bits per heavy atom. The van der Waals surface area contributed by atoms with Crippen LogP contribution in [-0.2, 0) is 11.3 Å². The van der Waals surface area contributed by atoms with Gasteiger partial charge in [0.1, 0.15) is 0 Å². The van der Waals surface area contributed by atoms with Gasteiger partial charge in [-0.25, -0.2) is 0 Å². The second-order valence-corrected chi connectivity index (χ2v) is 7.09. The number of Topliss-reactive ketones (excluding diaryl/α,β-unsaturated/α-hetero) is 1. The predicted molar refractivity (Wildman–Crippen MR) is 108 cm³/mol. The molecule has 0 aliphatic carbocycles. The quantitative estimate of drug-likeness (QED) is 0.742. The first-order valence-corrected chi connectivity index (χ1v) is 9.02. The lowest BCUT2D eigenvalue weighted by atomic mass is 10.1. The van der Waals surface area contributed by atoms with Crippen LogP contribution in [0.25, 0.3) is 0 Å². The maximum absolute atomic E-state index is 12.5. The second-order valence-electron chi connectivity index (χ2n) is 7.09. The Labute approximate surface area is 164 Å². The van der Waals surface area contributed by atoms with E-state index in [1.807, 2.05) is 30.9 Å². The number of fused-ring (bicyclic) bond motifs is 1. The Morgan fingerprint density at radius 1 is 1.04 bits per heavy atom. The van der Waals surface area contributed by atoms with Crippen LogP contribution in [0.4, 0.5) is 11.4 Å². The highest BCUT2D eigenvalue weighted by molar-refractivity contribution is 6.05. The molecule has 0 fully saturated rings. The van der Waals surface area contributed by atoms with Gasteiger partial charge in [0, 0.05) is 38.0 Å². The first-order valence-electron chi connectivity index (χ1n) is 9.02. The van der Waals surface area contributed by atoms with E-state index in [0.717, 1.165) is 11.3 Å². The molecule has 28 heavy (non-hydrogen) atoms. The van der Waals surface area contributed by atoms with Gasteiger partial charge in [-0.1, -0.05) is 12.1 Å². The number of hydrogen-bond acceptors (Lipinski definition) is 6. The largest absolute Gasteiger partial charge is 0.454 e. The Bertz CT molecular complexity index is 878. The first kappa shape index (κ1) is 19.7. The van der Waals surface area contributed by atoms with Crippen molar-refractivity contribution in [3.8, 4) is 11.5 Å². The number of nitrogens with zero attached hydrogens (tertiary/aromatic N) is 2. The van der Waals surface area contributed by atoms with Crippen LogP contribution < -0.4 is 19.7 Å². The smallest absolute Gasteiger partial charge is 0.238 e. The molecule has 1 aliphatic rings. The average molecular weight is 383 g/mol. The summed E-state index contributed by atoms with van der Waals surface area (Å²) in [5.41, 5.74) is 3.09. The van der Waals surface area contributed by atoms with E-state index in [0.29, 0.717) is 29.3 Å². The molecule has 1 aliphatic heterocycles. The third-order valence-corrected chi connectivity index (χ3v) is 4.48. The van der Waals surface area contributed by atoms with Gasteiger partial charge in [-0.05, 0) is 37.7 Å². The fourth-order valence-corrected chi connectivity index (χ4v) is 3.04. The maximum atomic E-state index is 12.5. The molecular weight excluding hydrogens is 358 g/mol. The summed E-state index contributed by atoms with van der Waals surface area (Å²) in [4.78, 5) is 28.4. The molecule has 3 rings (SSSR count). The fraction of sp³-hybridized carbons (Fsp3) is 0.333. The van der Waals surface area contributed by atoms with E-state index in [1.165, 1.54) is 6.92 Å². The molecule has 0 radical (unpaired) electrons. The maximum Gasteiger partial charge on any atom is 0.238 e. The summed E-state index contributed by atoms with van der Waals surface area (Å²) < 4.78 is 10.6. The molecule has 1 amide bonds. The summed E-state index contributed by atoms with van der Waals surface area (Å²) in [6.45, 7) is 2.40. The van der Waals surface area contributed by atoms with Crippen LogP contribution >= 0.6 is 0 Å². The van der Waals surface area contributed by atoms with Crippen LogP contribution in [0.5, 0.6) is 11.5 Å². The minimum absolute atomic E-state index is 0.111. The van der Waals surface area contributed by atoms with Crippen molar-refractivity contribution in [2.45, 2.75) is 13.5 Å². The minimum atomic E-state index is -0.200. The average Bonchev–Trinajstić information content (AvgIpc) is 3.08. The third kappa shape index (κ3) is 4.61. The molecule has 2 aromatic carbocycles. The van der Waals surface area contributed by atoms with Crippen LogP contribution in [0, 0.1) is 0 Å². The molecule has 2 aromatic rings. The SMILES string of the molecule is CC(=O)c1cc2c(cc1NC(=O)CN(C)Cc1ccc(N(C)C)cc1)OCO2. The molecule has 0 spiro atoms. The summed E-state index contributed by atoms with van der Waals surface area (Å²) in [5, 5.41) is 2.82. The van der Waals surface area contributed by atoms with Gasteiger partial charge in [0.25, 0.3) is 0 Å². The number of carbonyl (C=O) groups is 2. The van der Waals surface area contributed by atoms with Gasteiger partial charge < -0.3 is 19.7 Å². The molecular formula is C21H25N3O4. The van der Waals surface area contributed by atoms with Gasteiger partial charge in [-0.15, -0.1) is 0 Å². The number of ketones is 1. The van der Waals surface area contributed by atoms with Crippen LogP contribution in [0.3, 0.4) is 0 Å². The zero-order chi connectivity index (χ0) is 20.3. The van der Waals surface area contributed by atoms with Crippen molar-refractivity contribution in [2.75, 3.05) is 44.7 Å². The fourth-order valence-electron chi connectivity index (χ4n) is 3.04. The Balaban J connectivity index is 1.63. The number of nitrogens with one attached hydrogen (secondary N) is 1. The highest BCUT2D eigenvalue weighted by Crippen LogP contribution is 2.37. The molecule has 0 atom stereocenters. The zero-order valence-electron chi connectivity index (χ0n) is 16.6. The Hall–Kier alpha value is -3.06. The van der Waals surface area contributed by atoms with Gasteiger partial charge >= 0.3 is 0 Å². The van der Waals surface area contributed by atoms with E-state index in [1.54, 1.807) is 12.1 Å². The zero-order valence-corrected chi connectivity index (χ0v) is 16.6. The molecule has 7 heteroatoms. The van der Waals surface area contributed by atoms with Gasteiger partial charge in [0.15, 0.2) is 17.3 Å². The number of likely N-dealkylation sites (N-methyl/N-ethyl adjacent to an activating group) is 1. The van der Waals surface area contributed by atoms with Crippen LogP contribution in [0.15, 0.2) is 36.4 Å². The molecule has 0 bridgehead atoms. The van der Waals surface area contributed by atoms with Crippen molar-refractivity contribution in [3.05, 3.63) is 47.5 Å². The summed E-state index contributed by atoms with van der Waals surface area (Å²) >= 11 is 0. The highest BCUT2D eigenvalue weighted by Gasteiger charge is 2.20. The first-order chi connectivity index (χ1) is 13.3. The number of benzene rings is 2. The molecule has 0 unspecified atom stereocenters. The topological polar surface area (TPSA) is 71.1 Å². The second kappa shape index (κ2) is 8.31. The van der Waals surface area contributed by atoms with E-state index in [9.17, 15) is 9.59 Å².